The first-order valence-electron chi connectivity index (χ1n) is 6.54. The molecular formula is C15H19FN2. The van der Waals surface area contributed by atoms with E-state index >= 15 is 0 Å². The Morgan fingerprint density at radius 1 is 1.50 bits per heavy atom. The molecule has 1 aromatic rings. The van der Waals surface area contributed by atoms with Crippen molar-refractivity contribution in [3.63, 3.8) is 0 Å². The van der Waals surface area contributed by atoms with Gasteiger partial charge in [-0.25, -0.2) is 4.39 Å². The molecule has 2 rings (SSSR count). The number of nitriles is 1. The van der Waals surface area contributed by atoms with Gasteiger partial charge in [-0.1, -0.05) is 19.9 Å². The molecule has 0 bridgehead atoms. The molecule has 1 fully saturated rings. The van der Waals surface area contributed by atoms with Crippen molar-refractivity contribution in [3.8, 4) is 6.07 Å². The third-order valence-corrected chi connectivity index (χ3v) is 3.72. The van der Waals surface area contributed by atoms with Crippen molar-refractivity contribution >= 4 is 0 Å². The molecule has 0 N–H and O–H groups in total. The molecule has 3 heteroatoms. The predicted octanol–water partition coefficient (Wildman–Crippen LogP) is 3.32. The van der Waals surface area contributed by atoms with Crippen LogP contribution >= 0.6 is 0 Å². The van der Waals surface area contributed by atoms with Crippen LogP contribution in [0.3, 0.4) is 0 Å². The Hall–Kier alpha value is -1.40. The summed E-state index contributed by atoms with van der Waals surface area (Å²) in [7, 11) is 0. The Morgan fingerprint density at radius 3 is 2.94 bits per heavy atom. The lowest BCUT2D eigenvalue weighted by atomic mass is 10.0. The van der Waals surface area contributed by atoms with Gasteiger partial charge in [0.2, 0.25) is 0 Å². The van der Waals surface area contributed by atoms with Crippen LogP contribution in [0.4, 0.5) is 4.39 Å². The molecule has 0 radical (unpaired) electrons. The molecule has 0 amide bonds. The summed E-state index contributed by atoms with van der Waals surface area (Å²) in [5.74, 6) is 0.214. The van der Waals surface area contributed by atoms with E-state index in [1.807, 2.05) is 6.07 Å². The minimum atomic E-state index is -0.428. The molecule has 2 nitrogen and oxygen atoms in total. The molecule has 96 valence electrons. The maximum Gasteiger partial charge on any atom is 0.140 e. The summed E-state index contributed by atoms with van der Waals surface area (Å²) < 4.78 is 13.3. The first-order chi connectivity index (χ1) is 8.61. The van der Waals surface area contributed by atoms with Crippen LogP contribution in [0.15, 0.2) is 18.2 Å². The molecule has 1 unspecified atom stereocenters. The number of nitrogens with zero attached hydrogens (tertiary/aromatic N) is 2. The Balaban J connectivity index is 2.12. The van der Waals surface area contributed by atoms with Crippen molar-refractivity contribution < 1.29 is 4.39 Å². The lowest BCUT2D eigenvalue weighted by molar-refractivity contribution is 0.199. The van der Waals surface area contributed by atoms with Gasteiger partial charge in [-0.2, -0.15) is 5.26 Å². The van der Waals surface area contributed by atoms with E-state index in [1.54, 1.807) is 12.1 Å². The minimum Gasteiger partial charge on any atom is -0.296 e. The highest BCUT2D eigenvalue weighted by Crippen LogP contribution is 2.25. The largest absolute Gasteiger partial charge is 0.296 e. The van der Waals surface area contributed by atoms with E-state index in [0.29, 0.717) is 12.0 Å². The van der Waals surface area contributed by atoms with Crippen molar-refractivity contribution in [2.45, 2.75) is 39.3 Å². The van der Waals surface area contributed by atoms with E-state index in [1.165, 1.54) is 18.9 Å². The van der Waals surface area contributed by atoms with Gasteiger partial charge in [-0.3, -0.25) is 4.90 Å². The van der Waals surface area contributed by atoms with Crippen LogP contribution in [0, 0.1) is 23.1 Å². The van der Waals surface area contributed by atoms with Gasteiger partial charge in [0.25, 0.3) is 0 Å². The molecule has 0 spiro atoms. The van der Waals surface area contributed by atoms with E-state index < -0.39 is 5.82 Å². The lowest BCUT2D eigenvalue weighted by Gasteiger charge is -2.27. The van der Waals surface area contributed by atoms with E-state index in [-0.39, 0.29) is 5.56 Å². The second-order valence-electron chi connectivity index (χ2n) is 5.35. The van der Waals surface area contributed by atoms with Crippen molar-refractivity contribution in [3.05, 3.63) is 35.1 Å². The maximum atomic E-state index is 13.3. The van der Waals surface area contributed by atoms with Crippen LogP contribution in [0.5, 0.6) is 0 Å². The molecule has 1 aromatic carbocycles. The Labute approximate surface area is 108 Å². The van der Waals surface area contributed by atoms with Crippen molar-refractivity contribution in [1.29, 1.82) is 5.26 Å². The number of rotatable bonds is 3. The molecule has 0 saturated carbocycles. The monoisotopic (exact) mass is 246 g/mol. The first-order valence-corrected chi connectivity index (χ1v) is 6.54. The third-order valence-electron chi connectivity index (χ3n) is 3.72. The topological polar surface area (TPSA) is 27.0 Å². The van der Waals surface area contributed by atoms with Gasteiger partial charge in [0.15, 0.2) is 0 Å². The number of halogens is 1. The van der Waals surface area contributed by atoms with Gasteiger partial charge < -0.3 is 0 Å². The molecule has 0 aliphatic carbocycles. The summed E-state index contributed by atoms with van der Waals surface area (Å²) in [6, 6.07) is 7.37. The maximum absolute atomic E-state index is 13.3. The van der Waals surface area contributed by atoms with Gasteiger partial charge in [-0.05, 0) is 43.0 Å². The molecular weight excluding hydrogens is 227 g/mol. The standard InChI is InChI=1S/C15H19FN2/c1-11(2)15-4-3-7-18(15)10-12-5-6-14(16)13(8-12)9-17/h5-6,8,11,15H,3-4,7,10H2,1-2H3. The number of likely N-dealkylation sites (tertiary alicyclic amines) is 1. The summed E-state index contributed by atoms with van der Waals surface area (Å²) in [6.45, 7) is 6.41. The molecule has 1 heterocycles. The first kappa shape index (κ1) is 13.0. The van der Waals surface area contributed by atoms with Crippen LogP contribution in [0.1, 0.15) is 37.8 Å². The highest BCUT2D eigenvalue weighted by Gasteiger charge is 2.26. The van der Waals surface area contributed by atoms with Crippen molar-refractivity contribution in [1.82, 2.24) is 4.90 Å². The third kappa shape index (κ3) is 2.70. The predicted molar refractivity (Wildman–Crippen MR) is 69.4 cm³/mol. The normalized spacial score (nSPS) is 20.3. The highest BCUT2D eigenvalue weighted by atomic mass is 19.1. The van der Waals surface area contributed by atoms with Crippen LogP contribution < -0.4 is 0 Å². The Kier molecular flexibility index (Phi) is 3.98. The molecule has 1 saturated heterocycles. The average molecular weight is 246 g/mol. The fourth-order valence-electron chi connectivity index (χ4n) is 2.79. The van der Waals surface area contributed by atoms with E-state index in [2.05, 4.69) is 18.7 Å². The highest BCUT2D eigenvalue weighted by molar-refractivity contribution is 5.34. The molecule has 1 aliphatic heterocycles. The van der Waals surface area contributed by atoms with Crippen LogP contribution in [-0.4, -0.2) is 17.5 Å². The van der Waals surface area contributed by atoms with Crippen molar-refractivity contribution in [2.24, 2.45) is 5.92 Å². The molecule has 1 atom stereocenters. The van der Waals surface area contributed by atoms with Gasteiger partial charge >= 0.3 is 0 Å². The minimum absolute atomic E-state index is 0.146. The van der Waals surface area contributed by atoms with Crippen LogP contribution in [-0.2, 0) is 6.54 Å². The van der Waals surface area contributed by atoms with E-state index in [9.17, 15) is 4.39 Å². The van der Waals surface area contributed by atoms with Gasteiger partial charge in [0.05, 0.1) is 5.56 Å². The number of benzene rings is 1. The van der Waals surface area contributed by atoms with Crippen LogP contribution in [0.25, 0.3) is 0 Å². The van der Waals surface area contributed by atoms with Crippen molar-refractivity contribution in [2.75, 3.05) is 6.54 Å². The van der Waals surface area contributed by atoms with Gasteiger partial charge in [0, 0.05) is 12.6 Å². The lowest BCUT2D eigenvalue weighted by Crippen LogP contribution is -2.32. The summed E-state index contributed by atoms with van der Waals surface area (Å²) in [5, 5.41) is 8.84. The number of hydrogen-bond donors (Lipinski definition) is 0. The second-order valence-corrected chi connectivity index (χ2v) is 5.35. The quantitative estimate of drug-likeness (QED) is 0.818. The molecule has 1 aliphatic rings. The fraction of sp³-hybridized carbons (Fsp3) is 0.533. The summed E-state index contributed by atoms with van der Waals surface area (Å²) in [5.41, 5.74) is 1.17. The zero-order valence-electron chi connectivity index (χ0n) is 11.0. The van der Waals surface area contributed by atoms with E-state index in [4.69, 9.17) is 5.26 Å². The summed E-state index contributed by atoms with van der Waals surface area (Å²) >= 11 is 0. The smallest absolute Gasteiger partial charge is 0.140 e. The Bertz CT molecular complexity index is 462. The van der Waals surface area contributed by atoms with Gasteiger partial charge in [-0.15, -0.1) is 0 Å². The number of hydrogen-bond acceptors (Lipinski definition) is 2. The zero-order valence-corrected chi connectivity index (χ0v) is 11.0. The Morgan fingerprint density at radius 2 is 2.28 bits per heavy atom. The fourth-order valence-corrected chi connectivity index (χ4v) is 2.79. The van der Waals surface area contributed by atoms with E-state index in [0.717, 1.165) is 18.7 Å². The molecule has 18 heavy (non-hydrogen) atoms. The second kappa shape index (κ2) is 5.49. The van der Waals surface area contributed by atoms with Crippen LogP contribution in [0.2, 0.25) is 0 Å². The zero-order chi connectivity index (χ0) is 13.1. The molecule has 0 aromatic heterocycles. The summed E-state index contributed by atoms with van der Waals surface area (Å²) in [6.07, 6.45) is 2.47. The SMILES string of the molecule is CC(C)C1CCCN1Cc1ccc(F)c(C#N)c1. The average Bonchev–Trinajstić information content (AvgIpc) is 2.80. The summed E-state index contributed by atoms with van der Waals surface area (Å²) in [4.78, 5) is 2.44. The van der Waals surface area contributed by atoms with Gasteiger partial charge in [0.1, 0.15) is 11.9 Å².